The molecule has 1 aromatic heterocycles. The Morgan fingerprint density at radius 2 is 1.93 bits per heavy atom. The summed E-state index contributed by atoms with van der Waals surface area (Å²) in [6.07, 6.45) is 2.84. The van der Waals surface area contributed by atoms with Gasteiger partial charge in [-0.25, -0.2) is 4.99 Å². The van der Waals surface area contributed by atoms with Crippen LogP contribution in [0, 0.1) is 6.92 Å². The summed E-state index contributed by atoms with van der Waals surface area (Å²) in [6, 6.07) is 10.6. The van der Waals surface area contributed by atoms with E-state index < -0.39 is 0 Å². The van der Waals surface area contributed by atoms with Crippen molar-refractivity contribution >= 4 is 39.5 Å². The summed E-state index contributed by atoms with van der Waals surface area (Å²) in [4.78, 5) is 25.2. The smallest absolute Gasteiger partial charge is 0.222 e. The molecule has 0 unspecified atom stereocenters. The summed E-state index contributed by atoms with van der Waals surface area (Å²) in [5.41, 5.74) is 3.30. The van der Waals surface area contributed by atoms with Crippen molar-refractivity contribution in [1.82, 2.24) is 14.7 Å². The first kappa shape index (κ1) is 19.6. The molecule has 30 heavy (non-hydrogen) atoms. The molecule has 2 fully saturated rings. The van der Waals surface area contributed by atoms with Gasteiger partial charge in [0.05, 0.1) is 16.9 Å². The summed E-state index contributed by atoms with van der Waals surface area (Å²) >= 11 is 1.80. The number of aliphatic imine (C=N–C) groups is 1. The topological polar surface area (TPSA) is 51.2 Å². The normalized spacial score (nSPS) is 19.2. The maximum Gasteiger partial charge on any atom is 0.222 e. The standard InChI is InChI=1S/C23H29N5OS/c1-17-16-18-22(24-19-6-2-3-7-20(19)25-23(18)30-17)28-14-12-26(13-15-28)9-5-11-27-10-4-8-21(27)29/h2-3,6-7,16,25H,4-5,8-15H2,1H3. The van der Waals surface area contributed by atoms with Gasteiger partial charge in [0.2, 0.25) is 5.91 Å². The van der Waals surface area contributed by atoms with Gasteiger partial charge in [0.15, 0.2) is 0 Å². The third-order valence-electron chi connectivity index (χ3n) is 6.22. The zero-order valence-corrected chi connectivity index (χ0v) is 18.4. The molecule has 1 N–H and O–H groups in total. The molecule has 2 saturated heterocycles. The molecule has 0 radical (unpaired) electrons. The van der Waals surface area contributed by atoms with Gasteiger partial charge in [-0.05, 0) is 44.5 Å². The van der Waals surface area contributed by atoms with E-state index in [0.29, 0.717) is 5.91 Å². The molecular formula is C23H29N5OS. The van der Waals surface area contributed by atoms with Crippen LogP contribution in [0.5, 0.6) is 0 Å². The minimum absolute atomic E-state index is 0.335. The van der Waals surface area contributed by atoms with Crippen LogP contribution in [0.15, 0.2) is 35.3 Å². The number of hydrogen-bond donors (Lipinski definition) is 1. The third-order valence-corrected chi connectivity index (χ3v) is 7.19. The Kier molecular flexibility index (Phi) is 5.48. The lowest BCUT2D eigenvalue weighted by Crippen LogP contribution is -2.49. The largest absolute Gasteiger partial charge is 0.353 e. The Hall–Kier alpha value is -2.38. The summed E-state index contributed by atoms with van der Waals surface area (Å²) in [5.74, 6) is 1.43. The fraction of sp³-hybridized carbons (Fsp3) is 0.478. The lowest BCUT2D eigenvalue weighted by Gasteiger charge is -2.36. The minimum Gasteiger partial charge on any atom is -0.353 e. The SMILES string of the molecule is Cc1cc2c(s1)Nc1ccccc1N=C2N1CCN(CCCN2CCCC2=O)CC1. The van der Waals surface area contributed by atoms with E-state index >= 15 is 0 Å². The molecule has 3 aliphatic rings. The summed E-state index contributed by atoms with van der Waals surface area (Å²) in [5, 5.41) is 4.78. The highest BCUT2D eigenvalue weighted by Gasteiger charge is 2.26. The molecule has 3 aliphatic heterocycles. The molecule has 5 rings (SSSR count). The van der Waals surface area contributed by atoms with Crippen LogP contribution in [0.1, 0.15) is 29.7 Å². The predicted octanol–water partition coefficient (Wildman–Crippen LogP) is 3.82. The van der Waals surface area contributed by atoms with Crippen molar-refractivity contribution in [2.24, 2.45) is 4.99 Å². The zero-order chi connectivity index (χ0) is 20.5. The molecule has 4 heterocycles. The van der Waals surface area contributed by atoms with E-state index in [2.05, 4.69) is 52.4 Å². The van der Waals surface area contributed by atoms with Crippen molar-refractivity contribution in [2.45, 2.75) is 26.2 Å². The number of rotatable bonds is 4. The lowest BCUT2D eigenvalue weighted by molar-refractivity contribution is -0.127. The maximum absolute atomic E-state index is 11.8. The second-order valence-electron chi connectivity index (χ2n) is 8.34. The first-order valence-electron chi connectivity index (χ1n) is 11.0. The van der Waals surface area contributed by atoms with Gasteiger partial charge in [0.1, 0.15) is 10.8 Å². The monoisotopic (exact) mass is 423 g/mol. The molecule has 0 atom stereocenters. The van der Waals surface area contributed by atoms with Crippen LogP contribution in [0.3, 0.4) is 0 Å². The maximum atomic E-state index is 11.8. The van der Waals surface area contributed by atoms with Crippen molar-refractivity contribution in [3.05, 3.63) is 40.8 Å². The molecule has 1 aromatic carbocycles. The van der Waals surface area contributed by atoms with E-state index in [-0.39, 0.29) is 0 Å². The zero-order valence-electron chi connectivity index (χ0n) is 17.6. The van der Waals surface area contributed by atoms with E-state index in [4.69, 9.17) is 4.99 Å². The number of nitrogens with one attached hydrogen (secondary N) is 1. The number of hydrogen-bond acceptors (Lipinski definition) is 6. The first-order valence-corrected chi connectivity index (χ1v) is 11.8. The Balaban J connectivity index is 1.25. The van der Waals surface area contributed by atoms with Crippen LogP contribution in [0.4, 0.5) is 16.4 Å². The molecule has 0 saturated carbocycles. The van der Waals surface area contributed by atoms with Crippen molar-refractivity contribution in [3.63, 3.8) is 0 Å². The highest BCUT2D eigenvalue weighted by atomic mass is 32.1. The van der Waals surface area contributed by atoms with Crippen LogP contribution >= 0.6 is 11.3 Å². The number of thiophene rings is 1. The molecule has 6 nitrogen and oxygen atoms in total. The van der Waals surface area contributed by atoms with Gasteiger partial charge >= 0.3 is 0 Å². The number of amidine groups is 1. The van der Waals surface area contributed by atoms with E-state index in [1.165, 1.54) is 15.4 Å². The Labute approximate surface area is 182 Å². The highest BCUT2D eigenvalue weighted by Crippen LogP contribution is 2.39. The Morgan fingerprint density at radius 3 is 2.73 bits per heavy atom. The quantitative estimate of drug-likeness (QED) is 0.812. The van der Waals surface area contributed by atoms with Gasteiger partial charge in [0, 0.05) is 50.6 Å². The van der Waals surface area contributed by atoms with Crippen LogP contribution in [0.2, 0.25) is 0 Å². The number of para-hydroxylation sites is 2. The number of aryl methyl sites for hydroxylation is 1. The molecule has 1 amide bonds. The molecule has 158 valence electrons. The number of benzene rings is 1. The number of amides is 1. The van der Waals surface area contributed by atoms with Crippen molar-refractivity contribution < 1.29 is 4.79 Å². The van der Waals surface area contributed by atoms with E-state index in [1.54, 1.807) is 11.3 Å². The number of likely N-dealkylation sites (tertiary alicyclic amines) is 1. The second kappa shape index (κ2) is 8.40. The van der Waals surface area contributed by atoms with Crippen LogP contribution < -0.4 is 5.32 Å². The molecular weight excluding hydrogens is 394 g/mol. The average molecular weight is 424 g/mol. The van der Waals surface area contributed by atoms with Gasteiger partial charge in [-0.3, -0.25) is 9.69 Å². The van der Waals surface area contributed by atoms with Crippen molar-refractivity contribution in [1.29, 1.82) is 0 Å². The fourth-order valence-electron chi connectivity index (χ4n) is 4.60. The number of carbonyl (C=O) groups excluding carboxylic acids is 1. The Bertz CT molecular complexity index is 960. The van der Waals surface area contributed by atoms with Crippen LogP contribution in [0.25, 0.3) is 0 Å². The van der Waals surface area contributed by atoms with Gasteiger partial charge in [0.25, 0.3) is 0 Å². The van der Waals surface area contributed by atoms with E-state index in [0.717, 1.165) is 82.3 Å². The Morgan fingerprint density at radius 1 is 1.10 bits per heavy atom. The van der Waals surface area contributed by atoms with Crippen LogP contribution in [-0.4, -0.2) is 72.3 Å². The van der Waals surface area contributed by atoms with Gasteiger partial charge in [-0.1, -0.05) is 12.1 Å². The van der Waals surface area contributed by atoms with Gasteiger partial charge < -0.3 is 15.1 Å². The van der Waals surface area contributed by atoms with E-state index in [1.807, 2.05) is 4.90 Å². The summed E-state index contributed by atoms with van der Waals surface area (Å²) in [7, 11) is 0. The summed E-state index contributed by atoms with van der Waals surface area (Å²) in [6.45, 7) is 9.14. The number of anilines is 2. The first-order chi connectivity index (χ1) is 14.7. The number of piperazine rings is 1. The molecule has 0 bridgehead atoms. The van der Waals surface area contributed by atoms with Crippen molar-refractivity contribution in [2.75, 3.05) is 51.1 Å². The lowest BCUT2D eigenvalue weighted by atomic mass is 10.2. The number of fused-ring (bicyclic) bond motifs is 2. The highest BCUT2D eigenvalue weighted by molar-refractivity contribution is 7.16. The molecule has 2 aromatic rings. The minimum atomic E-state index is 0.335. The van der Waals surface area contributed by atoms with Crippen molar-refractivity contribution in [3.8, 4) is 0 Å². The average Bonchev–Trinajstić information content (AvgIpc) is 3.29. The molecule has 0 spiro atoms. The predicted molar refractivity (Wildman–Crippen MR) is 123 cm³/mol. The number of carbonyl (C=O) groups is 1. The second-order valence-corrected chi connectivity index (χ2v) is 9.60. The summed E-state index contributed by atoms with van der Waals surface area (Å²) < 4.78 is 0. The van der Waals surface area contributed by atoms with Gasteiger partial charge in [-0.15, -0.1) is 11.3 Å². The molecule has 7 heteroatoms. The van der Waals surface area contributed by atoms with E-state index in [9.17, 15) is 4.79 Å². The fourth-order valence-corrected chi connectivity index (χ4v) is 5.52. The van der Waals surface area contributed by atoms with Gasteiger partial charge in [-0.2, -0.15) is 0 Å². The van der Waals surface area contributed by atoms with Crippen LogP contribution in [-0.2, 0) is 4.79 Å². The number of nitrogens with zero attached hydrogens (tertiary/aromatic N) is 4. The third kappa shape index (κ3) is 3.96. The molecule has 0 aliphatic carbocycles.